The molecule has 2 aromatic carbocycles. The zero-order chi connectivity index (χ0) is 24.4. The first-order chi connectivity index (χ1) is 16.3. The van der Waals surface area contributed by atoms with E-state index < -0.39 is 18.0 Å². The lowest BCUT2D eigenvalue weighted by Gasteiger charge is -2.24. The summed E-state index contributed by atoms with van der Waals surface area (Å²) < 4.78 is 7.12. The molecule has 34 heavy (non-hydrogen) atoms. The Morgan fingerprint density at radius 3 is 2.50 bits per heavy atom. The standard InChI is InChI=1S/C24H20ClN3O5S/c1-3-33-23(32)19-13(2)27-24-28(20(19)14-4-8-16(25)9-5-14)21(29)18(34-24)12-26-17-10-6-15(7-11-17)22(30)31/h4-12,20,26H,3H2,1-2H3,(H,30,31)/b18-12-/t20-/m1/s1. The number of allylic oxidation sites excluding steroid dienone is 1. The lowest BCUT2D eigenvalue weighted by Crippen LogP contribution is -2.40. The summed E-state index contributed by atoms with van der Waals surface area (Å²) in [6.45, 7) is 3.63. The maximum absolute atomic E-state index is 13.4. The molecule has 0 saturated heterocycles. The van der Waals surface area contributed by atoms with E-state index in [4.69, 9.17) is 21.4 Å². The van der Waals surface area contributed by atoms with Crippen molar-refractivity contribution in [1.82, 2.24) is 4.57 Å². The van der Waals surface area contributed by atoms with Crippen molar-refractivity contribution in [2.24, 2.45) is 4.99 Å². The van der Waals surface area contributed by atoms with Crippen LogP contribution in [-0.2, 0) is 9.53 Å². The number of rotatable bonds is 6. The molecule has 174 valence electrons. The lowest BCUT2D eigenvalue weighted by atomic mass is 9.96. The van der Waals surface area contributed by atoms with E-state index in [0.717, 1.165) is 0 Å². The number of aromatic nitrogens is 1. The van der Waals surface area contributed by atoms with Crippen molar-refractivity contribution in [3.05, 3.63) is 95.6 Å². The number of hydrogen-bond donors (Lipinski definition) is 2. The van der Waals surface area contributed by atoms with E-state index in [-0.39, 0.29) is 17.7 Å². The van der Waals surface area contributed by atoms with Crippen LogP contribution in [0.4, 0.5) is 5.69 Å². The number of fused-ring (bicyclic) bond motifs is 1. The highest BCUT2D eigenvalue weighted by atomic mass is 35.5. The number of nitrogens with zero attached hydrogens (tertiary/aromatic N) is 2. The molecule has 10 heteroatoms. The molecule has 8 nitrogen and oxygen atoms in total. The quantitative estimate of drug-likeness (QED) is 0.506. The van der Waals surface area contributed by atoms with Gasteiger partial charge in [-0.15, -0.1) is 0 Å². The van der Waals surface area contributed by atoms with Crippen LogP contribution in [0.15, 0.2) is 69.6 Å². The van der Waals surface area contributed by atoms with Crippen molar-refractivity contribution in [1.29, 1.82) is 0 Å². The third-order valence-corrected chi connectivity index (χ3v) is 6.44. The molecule has 0 aliphatic carbocycles. The summed E-state index contributed by atoms with van der Waals surface area (Å²) in [5.41, 5.74) is 1.92. The van der Waals surface area contributed by atoms with Gasteiger partial charge in [-0.25, -0.2) is 14.6 Å². The van der Waals surface area contributed by atoms with Gasteiger partial charge in [-0.05, 0) is 55.8 Å². The van der Waals surface area contributed by atoms with Gasteiger partial charge in [0.05, 0.1) is 29.5 Å². The summed E-state index contributed by atoms with van der Waals surface area (Å²) in [5, 5.41) is 12.6. The monoisotopic (exact) mass is 497 g/mol. The molecule has 4 rings (SSSR count). The van der Waals surface area contributed by atoms with E-state index in [0.29, 0.717) is 36.9 Å². The molecule has 1 aliphatic rings. The minimum absolute atomic E-state index is 0.162. The average molecular weight is 498 g/mol. The Hall–Kier alpha value is -3.69. The summed E-state index contributed by atoms with van der Waals surface area (Å²) in [5.74, 6) is -1.55. The maximum atomic E-state index is 13.4. The fraction of sp³-hybridized carbons (Fsp3) is 0.167. The van der Waals surface area contributed by atoms with Gasteiger partial charge in [0.2, 0.25) is 0 Å². The largest absolute Gasteiger partial charge is 0.478 e. The number of ether oxygens (including phenoxy) is 1. The molecule has 0 spiro atoms. The van der Waals surface area contributed by atoms with Crippen LogP contribution in [0.1, 0.15) is 35.8 Å². The molecule has 0 unspecified atom stereocenters. The number of thiazole rings is 1. The van der Waals surface area contributed by atoms with Crippen LogP contribution in [0.5, 0.6) is 0 Å². The first-order valence-electron chi connectivity index (χ1n) is 10.3. The number of carboxylic acid groups (broad SMARTS) is 1. The molecule has 1 aliphatic heterocycles. The van der Waals surface area contributed by atoms with Crippen molar-refractivity contribution < 1.29 is 19.4 Å². The highest BCUT2D eigenvalue weighted by Crippen LogP contribution is 2.31. The molecule has 1 aromatic heterocycles. The van der Waals surface area contributed by atoms with E-state index in [1.807, 2.05) is 0 Å². The predicted molar refractivity (Wildman–Crippen MR) is 130 cm³/mol. The molecular weight excluding hydrogens is 478 g/mol. The van der Waals surface area contributed by atoms with Gasteiger partial charge in [-0.2, -0.15) is 0 Å². The summed E-state index contributed by atoms with van der Waals surface area (Å²) in [7, 11) is 0. The second-order valence-electron chi connectivity index (χ2n) is 7.38. The van der Waals surface area contributed by atoms with Gasteiger partial charge in [0, 0.05) is 16.9 Å². The molecule has 0 amide bonds. The third kappa shape index (κ3) is 4.52. The first-order valence-corrected chi connectivity index (χ1v) is 11.5. The second kappa shape index (κ2) is 9.66. The lowest BCUT2D eigenvalue weighted by molar-refractivity contribution is -0.139. The highest BCUT2D eigenvalue weighted by Gasteiger charge is 2.33. The van der Waals surface area contributed by atoms with Crippen molar-refractivity contribution in [2.75, 3.05) is 11.9 Å². The number of hydrogen-bond acceptors (Lipinski definition) is 7. The fourth-order valence-corrected chi connectivity index (χ4v) is 4.71. The highest BCUT2D eigenvalue weighted by molar-refractivity contribution is 7.07. The minimum Gasteiger partial charge on any atom is -0.478 e. The Morgan fingerprint density at radius 1 is 1.21 bits per heavy atom. The van der Waals surface area contributed by atoms with Crippen LogP contribution in [0.2, 0.25) is 5.02 Å². The average Bonchev–Trinajstić information content (AvgIpc) is 3.12. The molecule has 2 heterocycles. The van der Waals surface area contributed by atoms with Crippen LogP contribution in [0.3, 0.4) is 0 Å². The first kappa shape index (κ1) is 23.5. The maximum Gasteiger partial charge on any atom is 0.338 e. The molecule has 0 fully saturated rings. The van der Waals surface area contributed by atoms with E-state index in [2.05, 4.69) is 10.3 Å². The number of carbonyl (C=O) groups excluding carboxylic acids is 1. The number of anilines is 1. The number of aromatic carboxylic acids is 1. The Labute approximate surface area is 203 Å². The number of carboxylic acids is 1. The third-order valence-electron chi connectivity index (χ3n) is 5.20. The van der Waals surface area contributed by atoms with Crippen LogP contribution in [-0.4, -0.2) is 28.2 Å². The molecule has 3 aromatic rings. The zero-order valence-electron chi connectivity index (χ0n) is 18.2. The van der Waals surface area contributed by atoms with Gasteiger partial charge in [0.25, 0.3) is 5.56 Å². The van der Waals surface area contributed by atoms with Crippen molar-refractivity contribution in [3.8, 4) is 0 Å². The van der Waals surface area contributed by atoms with E-state index in [1.165, 1.54) is 28.0 Å². The van der Waals surface area contributed by atoms with Crippen LogP contribution < -0.4 is 20.2 Å². The van der Waals surface area contributed by atoms with Crippen LogP contribution in [0, 0.1) is 0 Å². The molecule has 2 N–H and O–H groups in total. The number of esters is 1. The van der Waals surface area contributed by atoms with Gasteiger partial charge in [-0.3, -0.25) is 9.36 Å². The Morgan fingerprint density at radius 2 is 1.88 bits per heavy atom. The van der Waals surface area contributed by atoms with Gasteiger partial charge in [0.15, 0.2) is 4.80 Å². The normalized spacial score (nSPS) is 15.5. The van der Waals surface area contributed by atoms with Crippen LogP contribution in [0.25, 0.3) is 6.20 Å². The second-order valence-corrected chi connectivity index (χ2v) is 8.83. The Balaban J connectivity index is 1.81. The summed E-state index contributed by atoms with van der Waals surface area (Å²) in [4.78, 5) is 42.3. The van der Waals surface area contributed by atoms with E-state index in [9.17, 15) is 14.4 Å². The smallest absolute Gasteiger partial charge is 0.338 e. The molecule has 1 atom stereocenters. The van der Waals surface area contributed by atoms with Gasteiger partial charge in [-0.1, -0.05) is 35.1 Å². The summed E-state index contributed by atoms with van der Waals surface area (Å²) in [6.07, 6.45) is 1.54. The van der Waals surface area contributed by atoms with E-state index >= 15 is 0 Å². The summed E-state index contributed by atoms with van der Waals surface area (Å²) in [6, 6.07) is 12.4. The van der Waals surface area contributed by atoms with Crippen molar-refractivity contribution in [2.45, 2.75) is 19.9 Å². The minimum atomic E-state index is -1.02. The topological polar surface area (TPSA) is 110 Å². The SMILES string of the molecule is CCOC(=O)C1=C(C)N=c2s/c(=C\Nc3ccc(C(=O)O)cc3)c(=O)n2[C@@H]1c1ccc(Cl)cc1. The van der Waals surface area contributed by atoms with Crippen molar-refractivity contribution >= 4 is 46.8 Å². The zero-order valence-corrected chi connectivity index (χ0v) is 19.8. The molecule has 0 saturated carbocycles. The number of benzene rings is 2. The van der Waals surface area contributed by atoms with Gasteiger partial charge in [0.1, 0.15) is 4.53 Å². The van der Waals surface area contributed by atoms with Crippen molar-refractivity contribution in [3.63, 3.8) is 0 Å². The number of halogens is 1. The van der Waals surface area contributed by atoms with Crippen LogP contribution >= 0.6 is 22.9 Å². The number of nitrogens with one attached hydrogen (secondary N) is 1. The fourth-order valence-electron chi connectivity index (χ4n) is 3.61. The molecule has 0 radical (unpaired) electrons. The Bertz CT molecular complexity index is 1470. The Kier molecular flexibility index (Phi) is 6.67. The molecule has 0 bridgehead atoms. The number of carbonyl (C=O) groups is 2. The molecular formula is C24H20ClN3O5S. The summed E-state index contributed by atoms with van der Waals surface area (Å²) >= 11 is 7.24. The van der Waals surface area contributed by atoms with Gasteiger partial charge >= 0.3 is 11.9 Å². The van der Waals surface area contributed by atoms with E-state index in [1.54, 1.807) is 56.4 Å². The van der Waals surface area contributed by atoms with Gasteiger partial charge < -0.3 is 15.2 Å². The predicted octanol–water partition coefficient (Wildman–Crippen LogP) is 3.17.